The first-order valence-corrected chi connectivity index (χ1v) is 14.5. The van der Waals surface area contributed by atoms with Crippen LogP contribution in [0.2, 0.25) is 5.02 Å². The first kappa shape index (κ1) is 26.3. The fourth-order valence-corrected chi connectivity index (χ4v) is 5.91. The van der Waals surface area contributed by atoms with Gasteiger partial charge in [0.1, 0.15) is 11.5 Å². The Morgan fingerprint density at radius 1 is 0.800 bits per heavy atom. The van der Waals surface area contributed by atoms with Gasteiger partial charge in [-0.3, -0.25) is 0 Å². The predicted octanol–water partition coefficient (Wildman–Crippen LogP) is 9.06. The summed E-state index contributed by atoms with van der Waals surface area (Å²) in [5.74, 6) is 1.01. The maximum atomic E-state index is 13.2. The Balaban J connectivity index is 1.48. The van der Waals surface area contributed by atoms with Gasteiger partial charge >= 0.3 is 5.97 Å². The van der Waals surface area contributed by atoms with E-state index >= 15 is 0 Å². The van der Waals surface area contributed by atoms with E-state index in [4.69, 9.17) is 21.1 Å². The molecule has 1 N–H and O–H groups in total. The minimum absolute atomic E-state index is 0.329. The van der Waals surface area contributed by atoms with Gasteiger partial charge in [0.15, 0.2) is 5.60 Å². The van der Waals surface area contributed by atoms with Crippen molar-refractivity contribution in [2.24, 2.45) is 0 Å². The predicted molar refractivity (Wildman–Crippen MR) is 161 cm³/mol. The monoisotopic (exact) mass is 552 g/mol. The van der Waals surface area contributed by atoms with Crippen LogP contribution < -0.4 is 15.0 Å². The van der Waals surface area contributed by atoms with Gasteiger partial charge in [0.2, 0.25) is 0 Å². The minimum atomic E-state index is -1.09. The summed E-state index contributed by atoms with van der Waals surface area (Å²) < 4.78 is 13.0. The van der Waals surface area contributed by atoms with Crippen molar-refractivity contribution in [3.05, 3.63) is 112 Å². The fourth-order valence-electron chi connectivity index (χ4n) is 5.73. The van der Waals surface area contributed by atoms with Crippen LogP contribution >= 0.6 is 11.6 Å². The molecular formula is C34H33ClN2O3. The maximum absolute atomic E-state index is 13.2. The van der Waals surface area contributed by atoms with Gasteiger partial charge in [0.05, 0.1) is 16.3 Å². The summed E-state index contributed by atoms with van der Waals surface area (Å²) >= 11 is 6.42. The van der Waals surface area contributed by atoms with Crippen LogP contribution in [0.25, 0.3) is 0 Å². The molecule has 2 heterocycles. The second-order valence-corrected chi connectivity index (χ2v) is 10.8. The van der Waals surface area contributed by atoms with Crippen LogP contribution in [0.4, 0.5) is 17.1 Å². The molecule has 1 unspecified atom stereocenters. The van der Waals surface area contributed by atoms with E-state index in [0.717, 1.165) is 72.5 Å². The molecule has 2 aliphatic rings. The van der Waals surface area contributed by atoms with Crippen molar-refractivity contribution >= 4 is 34.6 Å². The summed E-state index contributed by atoms with van der Waals surface area (Å²) in [6.07, 6.45) is 4.51. The Morgan fingerprint density at radius 3 is 2.23 bits per heavy atom. The summed E-state index contributed by atoms with van der Waals surface area (Å²) in [5, 5.41) is 4.03. The molecule has 4 aromatic rings. The topological polar surface area (TPSA) is 50.8 Å². The van der Waals surface area contributed by atoms with Gasteiger partial charge in [0.25, 0.3) is 0 Å². The summed E-state index contributed by atoms with van der Waals surface area (Å²) in [4.78, 5) is 15.7. The number of hydrogen-bond donors (Lipinski definition) is 1. The average Bonchev–Trinajstić information content (AvgIpc) is 3.26. The molecule has 40 heavy (non-hydrogen) atoms. The molecule has 1 spiro atoms. The molecule has 0 bridgehead atoms. The molecule has 0 radical (unpaired) electrons. The standard InChI is InChI=1S/C34H33ClN2O3/c1-3-5-19-37(20-6-4-2)24-16-18-28-32(22-24)39-31-21-23(36-30-14-10-9-13-29(30)35)15-17-27(31)34(28)26-12-8-7-11-25(26)33(38)40-34/h7-18,21-22,36H,3-6,19-20H2,1-2H3. The molecule has 0 saturated carbocycles. The first-order valence-electron chi connectivity index (χ1n) is 14.1. The second-order valence-electron chi connectivity index (χ2n) is 10.4. The van der Waals surface area contributed by atoms with Crippen LogP contribution in [0.1, 0.15) is 66.6 Å². The fraction of sp³-hybridized carbons (Fsp3) is 0.265. The normalized spacial score (nSPS) is 16.5. The lowest BCUT2D eigenvalue weighted by molar-refractivity contribution is 0.0224. The highest BCUT2D eigenvalue weighted by Crippen LogP contribution is 2.57. The van der Waals surface area contributed by atoms with E-state index in [-0.39, 0.29) is 5.97 Å². The number of nitrogens with one attached hydrogen (secondary N) is 1. The van der Waals surface area contributed by atoms with Crippen LogP contribution in [0.5, 0.6) is 11.5 Å². The highest BCUT2D eigenvalue weighted by molar-refractivity contribution is 6.33. The molecule has 5 nitrogen and oxygen atoms in total. The van der Waals surface area contributed by atoms with Gasteiger partial charge in [-0.25, -0.2) is 4.79 Å². The molecule has 2 aliphatic heterocycles. The first-order chi connectivity index (χ1) is 19.5. The van der Waals surface area contributed by atoms with Gasteiger partial charge in [0, 0.05) is 53.3 Å². The van der Waals surface area contributed by atoms with Gasteiger partial charge in [-0.15, -0.1) is 0 Å². The Kier molecular flexibility index (Phi) is 7.16. The zero-order chi connectivity index (χ0) is 27.7. The molecule has 6 heteroatoms. The number of hydrogen-bond acceptors (Lipinski definition) is 5. The van der Waals surface area contributed by atoms with Crippen molar-refractivity contribution in [2.45, 2.75) is 45.1 Å². The van der Waals surface area contributed by atoms with Crippen molar-refractivity contribution in [3.63, 3.8) is 0 Å². The van der Waals surface area contributed by atoms with Crippen molar-refractivity contribution in [1.29, 1.82) is 0 Å². The highest BCUT2D eigenvalue weighted by atomic mass is 35.5. The number of para-hydroxylation sites is 1. The molecule has 6 rings (SSSR count). The lowest BCUT2D eigenvalue weighted by atomic mass is 9.77. The number of benzene rings is 4. The van der Waals surface area contributed by atoms with Crippen LogP contribution in [0.3, 0.4) is 0 Å². The van der Waals surface area contributed by atoms with Gasteiger partial charge in [-0.2, -0.15) is 0 Å². The summed E-state index contributed by atoms with van der Waals surface area (Å²) in [5.41, 5.74) is 4.70. The lowest BCUT2D eigenvalue weighted by Crippen LogP contribution is -2.33. The van der Waals surface area contributed by atoms with E-state index in [0.29, 0.717) is 22.1 Å². The smallest absolute Gasteiger partial charge is 0.340 e. The van der Waals surface area contributed by atoms with Gasteiger partial charge < -0.3 is 19.7 Å². The third-order valence-electron chi connectivity index (χ3n) is 7.78. The zero-order valence-corrected chi connectivity index (χ0v) is 23.6. The van der Waals surface area contributed by atoms with E-state index in [1.54, 1.807) is 0 Å². The van der Waals surface area contributed by atoms with Crippen LogP contribution in [-0.2, 0) is 10.3 Å². The number of fused-ring (bicyclic) bond motifs is 6. The molecule has 0 aromatic heterocycles. The quantitative estimate of drug-likeness (QED) is 0.210. The molecule has 1 atom stereocenters. The molecule has 0 aliphatic carbocycles. The van der Waals surface area contributed by atoms with Gasteiger partial charge in [-0.1, -0.05) is 68.6 Å². The largest absolute Gasteiger partial charge is 0.456 e. The maximum Gasteiger partial charge on any atom is 0.340 e. The Morgan fingerprint density at radius 2 is 1.48 bits per heavy atom. The SMILES string of the molecule is CCCCN(CCCC)c1ccc2c(c1)Oc1cc(Nc3ccccc3Cl)ccc1C21OC(=O)c2ccccc21. The molecule has 0 amide bonds. The van der Waals surface area contributed by atoms with Gasteiger partial charge in [-0.05, 0) is 55.3 Å². The van der Waals surface area contributed by atoms with Crippen LogP contribution in [0, 0.1) is 0 Å². The Bertz CT molecular complexity index is 1560. The van der Waals surface area contributed by atoms with Crippen molar-refractivity contribution < 1.29 is 14.3 Å². The molecule has 4 aromatic carbocycles. The average molecular weight is 553 g/mol. The Hall–Kier alpha value is -3.96. The van der Waals surface area contributed by atoms with E-state index in [1.807, 2.05) is 66.7 Å². The van der Waals surface area contributed by atoms with Crippen molar-refractivity contribution in [3.8, 4) is 11.5 Å². The molecular weight excluding hydrogens is 520 g/mol. The third-order valence-corrected chi connectivity index (χ3v) is 8.11. The van der Waals surface area contributed by atoms with Crippen molar-refractivity contribution in [1.82, 2.24) is 0 Å². The Labute approximate surface area is 240 Å². The van der Waals surface area contributed by atoms with Crippen molar-refractivity contribution in [2.75, 3.05) is 23.3 Å². The number of ether oxygens (including phenoxy) is 2. The summed E-state index contributed by atoms with van der Waals surface area (Å²) in [7, 11) is 0. The number of rotatable bonds is 9. The highest BCUT2D eigenvalue weighted by Gasteiger charge is 2.53. The van der Waals surface area contributed by atoms with E-state index in [2.05, 4.69) is 42.3 Å². The number of esters is 1. The third kappa shape index (κ3) is 4.48. The summed E-state index contributed by atoms with van der Waals surface area (Å²) in [6, 6.07) is 27.5. The minimum Gasteiger partial charge on any atom is -0.456 e. The number of carbonyl (C=O) groups is 1. The molecule has 0 fully saturated rings. The van der Waals surface area contributed by atoms with E-state index < -0.39 is 5.60 Å². The number of halogens is 1. The number of unbranched alkanes of at least 4 members (excludes halogenated alkanes) is 2. The molecule has 204 valence electrons. The van der Waals surface area contributed by atoms with Crippen LogP contribution in [0.15, 0.2) is 84.9 Å². The second kappa shape index (κ2) is 10.9. The van der Waals surface area contributed by atoms with E-state index in [1.165, 1.54) is 0 Å². The number of anilines is 3. The van der Waals surface area contributed by atoms with E-state index in [9.17, 15) is 4.79 Å². The van der Waals surface area contributed by atoms with Crippen LogP contribution in [-0.4, -0.2) is 19.1 Å². The molecule has 0 saturated heterocycles. The zero-order valence-electron chi connectivity index (χ0n) is 22.9. The number of nitrogens with zero attached hydrogens (tertiary/aromatic N) is 1. The number of carbonyl (C=O) groups excluding carboxylic acids is 1. The lowest BCUT2D eigenvalue weighted by Gasteiger charge is -2.37. The summed E-state index contributed by atoms with van der Waals surface area (Å²) in [6.45, 7) is 6.41.